The van der Waals surface area contributed by atoms with Gasteiger partial charge >= 0.3 is 5.97 Å². The summed E-state index contributed by atoms with van der Waals surface area (Å²) in [5.74, 6) is -1.13. The van der Waals surface area contributed by atoms with Gasteiger partial charge in [0.2, 0.25) is 0 Å². The van der Waals surface area contributed by atoms with Gasteiger partial charge in [-0.25, -0.2) is 4.79 Å². The summed E-state index contributed by atoms with van der Waals surface area (Å²) in [6.45, 7) is 3.86. The van der Waals surface area contributed by atoms with Crippen molar-refractivity contribution in [2.45, 2.75) is 26.3 Å². The highest BCUT2D eigenvalue weighted by atomic mass is 35.5. The third-order valence-corrected chi connectivity index (χ3v) is 3.58. The van der Waals surface area contributed by atoms with E-state index in [1.165, 1.54) is 0 Å². The molecule has 1 aromatic carbocycles. The van der Waals surface area contributed by atoms with Gasteiger partial charge in [-0.3, -0.25) is 4.79 Å². The van der Waals surface area contributed by atoms with Crippen LogP contribution in [-0.4, -0.2) is 15.6 Å². The van der Waals surface area contributed by atoms with E-state index in [-0.39, 0.29) is 17.2 Å². The van der Waals surface area contributed by atoms with Gasteiger partial charge in [0.1, 0.15) is 5.69 Å². The fourth-order valence-electron chi connectivity index (χ4n) is 2.16. The highest BCUT2D eigenvalue weighted by Gasteiger charge is 2.19. The van der Waals surface area contributed by atoms with Crippen molar-refractivity contribution in [3.05, 3.63) is 45.2 Å². The minimum absolute atomic E-state index is 0.0278. The molecule has 0 saturated heterocycles. The van der Waals surface area contributed by atoms with Gasteiger partial charge in [-0.05, 0) is 25.5 Å². The number of carbonyl (C=O) groups is 1. The molecule has 2 aromatic rings. The van der Waals surface area contributed by atoms with Crippen LogP contribution in [0, 0.1) is 0 Å². The number of pyridine rings is 1. The number of carboxylic acid groups (broad SMARTS) is 1. The van der Waals surface area contributed by atoms with Gasteiger partial charge in [0.05, 0.1) is 10.5 Å². The van der Waals surface area contributed by atoms with Crippen LogP contribution in [0.3, 0.4) is 0 Å². The molecule has 100 valence electrons. The maximum Gasteiger partial charge on any atom is 0.352 e. The van der Waals surface area contributed by atoms with Crippen molar-refractivity contribution in [2.75, 3.05) is 0 Å². The minimum Gasteiger partial charge on any atom is -0.477 e. The van der Waals surface area contributed by atoms with Crippen molar-refractivity contribution in [3.63, 3.8) is 0 Å². The third kappa shape index (κ3) is 2.24. The lowest BCUT2D eigenvalue weighted by Gasteiger charge is -2.20. The summed E-state index contributed by atoms with van der Waals surface area (Å²) >= 11 is 6.16. The molecule has 0 saturated carbocycles. The molecule has 19 heavy (non-hydrogen) atoms. The number of hydrogen-bond donors (Lipinski definition) is 1. The molecule has 0 aliphatic heterocycles. The van der Waals surface area contributed by atoms with Crippen molar-refractivity contribution >= 4 is 28.5 Å². The Balaban J connectivity index is 3.02. The van der Waals surface area contributed by atoms with Gasteiger partial charge in [0, 0.05) is 17.5 Å². The number of aromatic carboxylic acids is 1. The normalized spacial score (nSPS) is 12.6. The van der Waals surface area contributed by atoms with Crippen molar-refractivity contribution in [1.82, 2.24) is 4.57 Å². The number of nitrogens with zero attached hydrogens (tertiary/aromatic N) is 1. The first-order valence-corrected chi connectivity index (χ1v) is 6.42. The van der Waals surface area contributed by atoms with E-state index in [1.54, 1.807) is 22.8 Å². The molecule has 1 N–H and O–H groups in total. The van der Waals surface area contributed by atoms with E-state index in [0.717, 1.165) is 12.5 Å². The lowest BCUT2D eigenvalue weighted by Crippen LogP contribution is -2.20. The highest BCUT2D eigenvalue weighted by Crippen LogP contribution is 2.27. The number of para-hydroxylation sites is 1. The average Bonchev–Trinajstić information content (AvgIpc) is 2.38. The first-order chi connectivity index (χ1) is 8.97. The van der Waals surface area contributed by atoms with Crippen LogP contribution in [0.1, 0.15) is 36.8 Å². The van der Waals surface area contributed by atoms with Crippen LogP contribution in [0.4, 0.5) is 0 Å². The summed E-state index contributed by atoms with van der Waals surface area (Å²) in [5.41, 5.74) is 0.137. The molecular weight excluding hydrogens is 266 g/mol. The van der Waals surface area contributed by atoms with E-state index >= 15 is 0 Å². The van der Waals surface area contributed by atoms with E-state index < -0.39 is 5.97 Å². The second-order valence-corrected chi connectivity index (χ2v) is 4.87. The molecule has 1 aromatic heterocycles. The van der Waals surface area contributed by atoms with Crippen molar-refractivity contribution in [2.24, 2.45) is 0 Å². The Bertz CT molecular complexity index is 706. The molecule has 2 rings (SSSR count). The second kappa shape index (κ2) is 5.05. The lowest BCUT2D eigenvalue weighted by molar-refractivity contribution is 0.0682. The first-order valence-electron chi connectivity index (χ1n) is 6.04. The van der Waals surface area contributed by atoms with Crippen LogP contribution >= 0.6 is 11.6 Å². The predicted octanol–water partition coefficient (Wildman–Crippen LogP) is 3.32. The van der Waals surface area contributed by atoms with Crippen LogP contribution in [0.25, 0.3) is 10.9 Å². The minimum atomic E-state index is -1.13. The average molecular weight is 280 g/mol. The van der Waals surface area contributed by atoms with Gasteiger partial charge in [0.15, 0.2) is 5.43 Å². The van der Waals surface area contributed by atoms with Gasteiger partial charge in [-0.15, -0.1) is 0 Å². The Hall–Kier alpha value is -1.81. The van der Waals surface area contributed by atoms with Gasteiger partial charge < -0.3 is 9.67 Å². The lowest BCUT2D eigenvalue weighted by atomic mass is 10.1. The Labute approximate surface area is 115 Å². The summed E-state index contributed by atoms with van der Waals surface area (Å²) < 4.78 is 1.63. The summed E-state index contributed by atoms with van der Waals surface area (Å²) in [7, 11) is 0. The van der Waals surface area contributed by atoms with Crippen LogP contribution < -0.4 is 5.43 Å². The number of halogens is 1. The van der Waals surface area contributed by atoms with Gasteiger partial charge in [0.25, 0.3) is 0 Å². The monoisotopic (exact) mass is 279 g/mol. The highest BCUT2D eigenvalue weighted by molar-refractivity contribution is 6.35. The molecule has 0 fully saturated rings. The Kier molecular flexibility index (Phi) is 3.62. The van der Waals surface area contributed by atoms with Gasteiger partial charge in [-0.2, -0.15) is 0 Å². The third-order valence-electron chi connectivity index (χ3n) is 3.27. The van der Waals surface area contributed by atoms with E-state index in [1.807, 2.05) is 13.8 Å². The van der Waals surface area contributed by atoms with E-state index in [9.17, 15) is 14.7 Å². The predicted molar refractivity (Wildman–Crippen MR) is 75.2 cm³/mol. The summed E-state index contributed by atoms with van der Waals surface area (Å²) in [6.07, 6.45) is 0.740. The fourth-order valence-corrected chi connectivity index (χ4v) is 2.42. The number of carboxylic acids is 1. The second-order valence-electron chi connectivity index (χ2n) is 4.46. The maximum atomic E-state index is 12.0. The zero-order chi connectivity index (χ0) is 14.2. The molecule has 5 heteroatoms. The molecule has 0 radical (unpaired) electrons. The quantitative estimate of drug-likeness (QED) is 0.937. The molecule has 1 atom stereocenters. The smallest absolute Gasteiger partial charge is 0.352 e. The molecular formula is C14H14ClNO3. The van der Waals surface area contributed by atoms with E-state index in [0.29, 0.717) is 15.9 Å². The fraction of sp³-hybridized carbons (Fsp3) is 0.286. The number of rotatable bonds is 3. The first kappa shape index (κ1) is 13.6. The number of benzene rings is 1. The molecule has 1 unspecified atom stereocenters. The number of aromatic nitrogens is 1. The Morgan fingerprint density at radius 2 is 2.16 bits per heavy atom. The van der Waals surface area contributed by atoms with Crippen LogP contribution in [0.2, 0.25) is 5.02 Å². The molecule has 0 spiro atoms. The number of hydrogen-bond acceptors (Lipinski definition) is 2. The van der Waals surface area contributed by atoms with Gasteiger partial charge in [-0.1, -0.05) is 24.6 Å². The largest absolute Gasteiger partial charge is 0.477 e. The summed E-state index contributed by atoms with van der Waals surface area (Å²) in [5, 5.41) is 10.1. The molecule has 1 heterocycles. The molecule has 0 bridgehead atoms. The molecule has 0 amide bonds. The van der Waals surface area contributed by atoms with E-state index in [4.69, 9.17) is 11.6 Å². The zero-order valence-corrected chi connectivity index (χ0v) is 11.4. The van der Waals surface area contributed by atoms with Crippen molar-refractivity contribution in [1.29, 1.82) is 0 Å². The zero-order valence-electron chi connectivity index (χ0n) is 10.7. The Morgan fingerprint density at radius 1 is 1.47 bits per heavy atom. The topological polar surface area (TPSA) is 59.3 Å². The van der Waals surface area contributed by atoms with Crippen LogP contribution in [-0.2, 0) is 0 Å². The Morgan fingerprint density at radius 3 is 2.74 bits per heavy atom. The molecule has 0 aliphatic carbocycles. The number of fused-ring (bicyclic) bond motifs is 1. The van der Waals surface area contributed by atoms with E-state index in [2.05, 4.69) is 0 Å². The SMILES string of the molecule is CCC(C)n1c(C(=O)O)cc(=O)c2cccc(Cl)c21. The summed E-state index contributed by atoms with van der Waals surface area (Å²) in [4.78, 5) is 23.3. The van der Waals surface area contributed by atoms with Crippen LogP contribution in [0.15, 0.2) is 29.1 Å². The van der Waals surface area contributed by atoms with Crippen LogP contribution in [0.5, 0.6) is 0 Å². The molecule has 0 aliphatic rings. The van der Waals surface area contributed by atoms with Crippen molar-refractivity contribution in [3.8, 4) is 0 Å². The van der Waals surface area contributed by atoms with Crippen molar-refractivity contribution < 1.29 is 9.90 Å². The standard InChI is InChI=1S/C14H14ClNO3/c1-3-8(2)16-11(14(18)19)7-12(17)9-5-4-6-10(15)13(9)16/h4-8H,3H2,1-2H3,(H,18,19). The molecule has 4 nitrogen and oxygen atoms in total. The maximum absolute atomic E-state index is 12.0. The summed E-state index contributed by atoms with van der Waals surface area (Å²) in [6, 6.07) is 6.11.